The van der Waals surface area contributed by atoms with Crippen LogP contribution in [-0.2, 0) is 11.0 Å². The number of nitrogens with one attached hydrogen (secondary N) is 1. The van der Waals surface area contributed by atoms with Crippen LogP contribution < -0.4 is 10.1 Å². The van der Waals surface area contributed by atoms with Crippen LogP contribution in [0.2, 0.25) is 0 Å². The van der Waals surface area contributed by atoms with Crippen molar-refractivity contribution in [3.63, 3.8) is 0 Å². The molecule has 1 atom stereocenters. The number of hydrogen-bond donors (Lipinski definition) is 2. The zero-order valence-corrected chi connectivity index (χ0v) is 12.6. The van der Waals surface area contributed by atoms with Gasteiger partial charge in [0.25, 0.3) is 0 Å². The SMILES string of the molecule is COc1cc(C(C)(C)C)cc(C2(C)CCCN2)c1O. The third-order valence-corrected chi connectivity index (χ3v) is 4.12. The first-order valence-corrected chi connectivity index (χ1v) is 6.95. The summed E-state index contributed by atoms with van der Waals surface area (Å²) in [6.07, 6.45) is 2.18. The van der Waals surface area contributed by atoms with Crippen LogP contribution in [0.1, 0.15) is 51.7 Å². The van der Waals surface area contributed by atoms with E-state index in [1.165, 1.54) is 5.56 Å². The van der Waals surface area contributed by atoms with E-state index in [0.29, 0.717) is 5.75 Å². The van der Waals surface area contributed by atoms with Crippen LogP contribution in [0, 0.1) is 0 Å². The highest BCUT2D eigenvalue weighted by Crippen LogP contribution is 2.43. The van der Waals surface area contributed by atoms with Crippen molar-refractivity contribution in [2.45, 2.75) is 51.5 Å². The van der Waals surface area contributed by atoms with Crippen molar-refractivity contribution in [3.05, 3.63) is 23.3 Å². The van der Waals surface area contributed by atoms with Crippen molar-refractivity contribution in [3.8, 4) is 11.5 Å². The molecule has 0 amide bonds. The number of phenolic OH excluding ortho intramolecular Hbond substituents is 1. The first kappa shape index (κ1) is 14.2. The van der Waals surface area contributed by atoms with E-state index >= 15 is 0 Å². The Labute approximate surface area is 116 Å². The molecule has 1 aliphatic rings. The van der Waals surface area contributed by atoms with Gasteiger partial charge in [-0.2, -0.15) is 0 Å². The topological polar surface area (TPSA) is 41.5 Å². The van der Waals surface area contributed by atoms with Gasteiger partial charge in [0.05, 0.1) is 7.11 Å². The van der Waals surface area contributed by atoms with Crippen LogP contribution in [0.5, 0.6) is 11.5 Å². The Morgan fingerprint density at radius 1 is 1.32 bits per heavy atom. The van der Waals surface area contributed by atoms with Crippen LogP contribution in [-0.4, -0.2) is 18.8 Å². The van der Waals surface area contributed by atoms with Crippen molar-refractivity contribution in [2.24, 2.45) is 0 Å². The van der Waals surface area contributed by atoms with Gasteiger partial charge in [0, 0.05) is 11.1 Å². The van der Waals surface area contributed by atoms with E-state index in [1.54, 1.807) is 7.11 Å². The molecule has 19 heavy (non-hydrogen) atoms. The fourth-order valence-electron chi connectivity index (χ4n) is 2.74. The molecule has 0 spiro atoms. The first-order chi connectivity index (χ1) is 8.78. The van der Waals surface area contributed by atoms with Gasteiger partial charge in [0.15, 0.2) is 11.5 Å². The molecule has 1 unspecified atom stereocenters. The molecule has 1 aliphatic heterocycles. The van der Waals surface area contributed by atoms with Crippen molar-refractivity contribution in [2.75, 3.05) is 13.7 Å². The highest BCUT2D eigenvalue weighted by molar-refractivity contribution is 5.53. The van der Waals surface area contributed by atoms with Crippen molar-refractivity contribution < 1.29 is 9.84 Å². The summed E-state index contributed by atoms with van der Waals surface area (Å²) in [5.74, 6) is 0.838. The van der Waals surface area contributed by atoms with Crippen LogP contribution in [0.25, 0.3) is 0 Å². The van der Waals surface area contributed by atoms with E-state index in [0.717, 1.165) is 24.9 Å². The number of aromatic hydroxyl groups is 1. The number of ether oxygens (including phenoxy) is 1. The molecule has 0 saturated carbocycles. The lowest BCUT2D eigenvalue weighted by atomic mass is 9.81. The normalized spacial score (nSPS) is 23.6. The minimum atomic E-state index is -0.154. The summed E-state index contributed by atoms with van der Waals surface area (Å²) in [5, 5.41) is 13.9. The monoisotopic (exact) mass is 263 g/mol. The Kier molecular flexibility index (Phi) is 3.52. The summed E-state index contributed by atoms with van der Waals surface area (Å²) in [6.45, 7) is 9.67. The third-order valence-electron chi connectivity index (χ3n) is 4.12. The van der Waals surface area contributed by atoms with Crippen molar-refractivity contribution in [1.82, 2.24) is 5.32 Å². The smallest absolute Gasteiger partial charge is 0.162 e. The van der Waals surface area contributed by atoms with Gasteiger partial charge in [0.2, 0.25) is 0 Å². The van der Waals surface area contributed by atoms with E-state index in [-0.39, 0.29) is 16.7 Å². The molecule has 0 aromatic heterocycles. The Hall–Kier alpha value is -1.22. The van der Waals surface area contributed by atoms with Gasteiger partial charge in [-0.1, -0.05) is 20.8 Å². The van der Waals surface area contributed by atoms with Gasteiger partial charge in [-0.3, -0.25) is 0 Å². The van der Waals surface area contributed by atoms with Crippen LogP contribution in [0.4, 0.5) is 0 Å². The molecule has 106 valence electrons. The number of methoxy groups -OCH3 is 1. The Morgan fingerprint density at radius 2 is 2.00 bits per heavy atom. The van der Waals surface area contributed by atoms with Gasteiger partial charge < -0.3 is 15.2 Å². The fraction of sp³-hybridized carbons (Fsp3) is 0.625. The second kappa shape index (κ2) is 4.71. The first-order valence-electron chi connectivity index (χ1n) is 6.95. The number of rotatable bonds is 2. The summed E-state index contributed by atoms with van der Waals surface area (Å²) in [7, 11) is 1.61. The molecule has 0 bridgehead atoms. The van der Waals surface area contributed by atoms with Gasteiger partial charge in [-0.15, -0.1) is 0 Å². The third kappa shape index (κ3) is 2.57. The van der Waals surface area contributed by atoms with E-state index in [9.17, 15) is 5.11 Å². The van der Waals surface area contributed by atoms with E-state index in [4.69, 9.17) is 4.74 Å². The second-order valence-electron chi connectivity index (χ2n) is 6.69. The lowest BCUT2D eigenvalue weighted by molar-refractivity contribution is 0.348. The number of benzene rings is 1. The fourth-order valence-corrected chi connectivity index (χ4v) is 2.74. The largest absolute Gasteiger partial charge is 0.504 e. The molecule has 1 saturated heterocycles. The quantitative estimate of drug-likeness (QED) is 0.860. The van der Waals surface area contributed by atoms with E-state index < -0.39 is 0 Å². The average Bonchev–Trinajstić information content (AvgIpc) is 2.76. The summed E-state index contributed by atoms with van der Waals surface area (Å²) in [6, 6.07) is 4.06. The molecule has 3 nitrogen and oxygen atoms in total. The summed E-state index contributed by atoms with van der Waals surface area (Å²) >= 11 is 0. The highest BCUT2D eigenvalue weighted by Gasteiger charge is 2.34. The highest BCUT2D eigenvalue weighted by atomic mass is 16.5. The molecule has 3 heteroatoms. The molecule has 1 fully saturated rings. The zero-order chi connectivity index (χ0) is 14.3. The molecule has 0 radical (unpaired) electrons. The molecule has 0 aliphatic carbocycles. The van der Waals surface area contributed by atoms with Crippen LogP contribution >= 0.6 is 0 Å². The maximum Gasteiger partial charge on any atom is 0.162 e. The van der Waals surface area contributed by atoms with E-state index in [2.05, 4.69) is 39.1 Å². The van der Waals surface area contributed by atoms with Gasteiger partial charge in [0.1, 0.15) is 0 Å². The molecule has 1 aromatic carbocycles. The van der Waals surface area contributed by atoms with Crippen LogP contribution in [0.15, 0.2) is 12.1 Å². The maximum absolute atomic E-state index is 10.4. The van der Waals surface area contributed by atoms with Crippen molar-refractivity contribution >= 4 is 0 Å². The minimum absolute atomic E-state index is 0.0324. The molecular weight excluding hydrogens is 238 g/mol. The summed E-state index contributed by atoms with van der Waals surface area (Å²) in [5.41, 5.74) is 2.02. The molecular formula is C16H25NO2. The predicted molar refractivity (Wildman–Crippen MR) is 77.9 cm³/mol. The van der Waals surface area contributed by atoms with Gasteiger partial charge in [-0.25, -0.2) is 0 Å². The predicted octanol–water partition coefficient (Wildman–Crippen LogP) is 3.30. The van der Waals surface area contributed by atoms with Crippen LogP contribution in [0.3, 0.4) is 0 Å². The molecule has 1 aromatic rings. The second-order valence-corrected chi connectivity index (χ2v) is 6.69. The lowest BCUT2D eigenvalue weighted by Gasteiger charge is -2.29. The maximum atomic E-state index is 10.4. The summed E-state index contributed by atoms with van der Waals surface area (Å²) in [4.78, 5) is 0. The molecule has 1 heterocycles. The lowest BCUT2D eigenvalue weighted by Crippen LogP contribution is -2.33. The van der Waals surface area contributed by atoms with Gasteiger partial charge >= 0.3 is 0 Å². The van der Waals surface area contributed by atoms with Crippen molar-refractivity contribution in [1.29, 1.82) is 0 Å². The Balaban J connectivity index is 2.59. The Bertz CT molecular complexity index is 468. The summed E-state index contributed by atoms with van der Waals surface area (Å²) < 4.78 is 5.35. The minimum Gasteiger partial charge on any atom is -0.504 e. The van der Waals surface area contributed by atoms with Gasteiger partial charge in [-0.05, 0) is 49.4 Å². The number of hydrogen-bond acceptors (Lipinski definition) is 3. The molecule has 2 N–H and O–H groups in total. The van der Waals surface area contributed by atoms with E-state index in [1.807, 2.05) is 6.07 Å². The average molecular weight is 263 g/mol. The molecule has 2 rings (SSSR count). The Morgan fingerprint density at radius 3 is 2.47 bits per heavy atom. The standard InChI is InChI=1S/C16H25NO2/c1-15(2,3)11-9-12(14(18)13(10-11)19-5)16(4)7-6-8-17-16/h9-10,17-18H,6-8H2,1-5H3. The zero-order valence-electron chi connectivity index (χ0n) is 12.6. The number of phenols is 1.